The van der Waals surface area contributed by atoms with E-state index in [9.17, 15) is 15.0 Å². The Hall–Kier alpha value is -1.43. The van der Waals surface area contributed by atoms with Gasteiger partial charge in [0.2, 0.25) is 0 Å². The van der Waals surface area contributed by atoms with Gasteiger partial charge < -0.3 is 20.4 Å². The summed E-state index contributed by atoms with van der Waals surface area (Å²) in [6.07, 6.45) is 17.4. The topological polar surface area (TPSA) is 98.0 Å². The van der Waals surface area contributed by atoms with Crippen molar-refractivity contribution in [3.8, 4) is 0 Å². The van der Waals surface area contributed by atoms with Gasteiger partial charge in [0.15, 0.2) is 0 Å². The number of rotatable bonds is 16. The van der Waals surface area contributed by atoms with Crippen molar-refractivity contribution in [3.63, 3.8) is 0 Å². The minimum Gasteiger partial charge on any atom is -0.481 e. The molecule has 0 aromatic heterocycles. The van der Waals surface area contributed by atoms with Crippen molar-refractivity contribution >= 4 is 5.97 Å². The van der Waals surface area contributed by atoms with Crippen LogP contribution in [-0.4, -0.2) is 45.2 Å². The maximum Gasteiger partial charge on any atom is 0.303 e. The lowest BCUT2D eigenvalue weighted by Gasteiger charge is -2.07. The molecule has 0 aliphatic carbocycles. The monoisotopic (exact) mass is 354 g/mol. The van der Waals surface area contributed by atoms with E-state index in [1.165, 1.54) is 0 Å². The summed E-state index contributed by atoms with van der Waals surface area (Å²) in [5.74, 6) is -0.827. The number of carboxylic acid groups (broad SMARTS) is 1. The van der Waals surface area contributed by atoms with E-state index in [1.807, 2.05) is 18.2 Å². The third kappa shape index (κ3) is 18.7. The van der Waals surface area contributed by atoms with Gasteiger partial charge in [0.1, 0.15) is 0 Å². The lowest BCUT2D eigenvalue weighted by Crippen LogP contribution is -2.06. The van der Waals surface area contributed by atoms with Gasteiger partial charge in [-0.2, -0.15) is 0 Å². The molecule has 5 heteroatoms. The maximum absolute atomic E-state index is 10.4. The fourth-order valence-corrected chi connectivity index (χ4v) is 2.27. The summed E-state index contributed by atoms with van der Waals surface area (Å²) in [5.41, 5.74) is 0. The Morgan fingerprint density at radius 2 is 1.68 bits per heavy atom. The highest BCUT2D eigenvalue weighted by molar-refractivity contribution is 5.66. The summed E-state index contributed by atoms with van der Waals surface area (Å²) in [5, 5.41) is 36.7. The number of aliphatic carboxylic acids is 1. The molecular formula is C20H34O5. The number of hydrogen-bond acceptors (Lipinski definition) is 4. The molecule has 0 amide bonds. The van der Waals surface area contributed by atoms with Crippen molar-refractivity contribution in [1.82, 2.24) is 0 Å². The van der Waals surface area contributed by atoms with Crippen molar-refractivity contribution < 1.29 is 25.2 Å². The summed E-state index contributed by atoms with van der Waals surface area (Å²) in [4.78, 5) is 10.4. The van der Waals surface area contributed by atoms with Crippen LogP contribution in [0, 0.1) is 0 Å². The van der Waals surface area contributed by atoms with E-state index in [0.717, 1.165) is 32.1 Å². The second-order valence-electron chi connectivity index (χ2n) is 6.18. The first-order valence-electron chi connectivity index (χ1n) is 9.23. The van der Waals surface area contributed by atoms with Gasteiger partial charge in [-0.15, -0.1) is 0 Å². The predicted octanol–water partition coefficient (Wildman–Crippen LogP) is 3.35. The Balaban J connectivity index is 3.65. The van der Waals surface area contributed by atoms with Gasteiger partial charge >= 0.3 is 5.97 Å². The van der Waals surface area contributed by atoms with E-state index >= 15 is 0 Å². The van der Waals surface area contributed by atoms with Gasteiger partial charge in [-0.25, -0.2) is 0 Å². The molecule has 0 rings (SSSR count). The smallest absolute Gasteiger partial charge is 0.303 e. The van der Waals surface area contributed by atoms with Gasteiger partial charge in [0.05, 0.1) is 12.2 Å². The zero-order valence-electron chi connectivity index (χ0n) is 15.1. The van der Waals surface area contributed by atoms with Crippen LogP contribution < -0.4 is 0 Å². The van der Waals surface area contributed by atoms with Gasteiger partial charge in [-0.1, -0.05) is 42.9 Å². The quantitative estimate of drug-likeness (QED) is 0.194. The number of hydrogen-bond donors (Lipinski definition) is 4. The molecule has 25 heavy (non-hydrogen) atoms. The molecule has 144 valence electrons. The van der Waals surface area contributed by atoms with Crippen molar-refractivity contribution in [3.05, 3.63) is 36.5 Å². The van der Waals surface area contributed by atoms with Crippen LogP contribution in [-0.2, 0) is 4.79 Å². The van der Waals surface area contributed by atoms with E-state index in [2.05, 4.69) is 6.08 Å². The van der Waals surface area contributed by atoms with Crippen molar-refractivity contribution in [2.45, 2.75) is 76.4 Å². The van der Waals surface area contributed by atoms with Crippen LogP contribution in [0.25, 0.3) is 0 Å². The molecule has 0 aromatic rings. The second kappa shape index (κ2) is 17.4. The normalized spacial score (nSPS) is 14.7. The first-order chi connectivity index (χ1) is 12.1. The number of unbranched alkanes of at least 4 members (excludes halogenated alkanes) is 3. The van der Waals surface area contributed by atoms with Crippen molar-refractivity contribution in [1.29, 1.82) is 0 Å². The lowest BCUT2D eigenvalue weighted by molar-refractivity contribution is -0.137. The van der Waals surface area contributed by atoms with Gasteiger partial charge in [-0.05, 0) is 51.4 Å². The first-order valence-corrected chi connectivity index (χ1v) is 9.23. The van der Waals surface area contributed by atoms with E-state index in [0.29, 0.717) is 25.7 Å². The molecule has 0 aliphatic heterocycles. The minimum atomic E-state index is -0.827. The van der Waals surface area contributed by atoms with Gasteiger partial charge in [0.25, 0.3) is 0 Å². The Morgan fingerprint density at radius 3 is 2.40 bits per heavy atom. The zero-order chi connectivity index (χ0) is 18.8. The minimum absolute atomic E-state index is 0.102. The third-order valence-electron chi connectivity index (χ3n) is 3.75. The van der Waals surface area contributed by atoms with Crippen LogP contribution in [0.2, 0.25) is 0 Å². The average Bonchev–Trinajstić information content (AvgIpc) is 2.56. The summed E-state index contributed by atoms with van der Waals surface area (Å²) in [6, 6.07) is 0. The van der Waals surface area contributed by atoms with Crippen LogP contribution in [0.4, 0.5) is 0 Å². The molecule has 0 bridgehead atoms. The molecule has 4 N–H and O–H groups in total. The van der Waals surface area contributed by atoms with Crippen molar-refractivity contribution in [2.24, 2.45) is 0 Å². The fourth-order valence-electron chi connectivity index (χ4n) is 2.27. The molecule has 0 saturated heterocycles. The Labute approximate surface area is 151 Å². The van der Waals surface area contributed by atoms with Crippen LogP contribution in [0.5, 0.6) is 0 Å². The number of allylic oxidation sites excluding steroid dienone is 4. The van der Waals surface area contributed by atoms with E-state index in [-0.39, 0.29) is 13.0 Å². The molecule has 0 aliphatic rings. The molecule has 0 fully saturated rings. The van der Waals surface area contributed by atoms with Gasteiger partial charge in [0, 0.05) is 13.0 Å². The number of carbonyl (C=O) groups is 1. The lowest BCUT2D eigenvalue weighted by atomic mass is 10.1. The molecule has 2 atom stereocenters. The molecule has 0 heterocycles. The van der Waals surface area contributed by atoms with Gasteiger partial charge in [-0.3, -0.25) is 4.79 Å². The number of aliphatic hydroxyl groups excluding tert-OH is 3. The van der Waals surface area contributed by atoms with Crippen LogP contribution >= 0.6 is 0 Å². The average molecular weight is 354 g/mol. The molecule has 0 spiro atoms. The summed E-state index contributed by atoms with van der Waals surface area (Å²) < 4.78 is 0. The standard InChI is InChI=1S/C20H34O5/c21-17-10-6-2-1-3-7-12-18(22)13-8-4-5-9-14-19(23)15-11-16-20(24)25/h3-5,7-8,13,18-19,21-23H,1-2,6,9-12,14-17H2,(H,24,25). The third-order valence-corrected chi connectivity index (χ3v) is 3.75. The first kappa shape index (κ1) is 23.6. The number of carboxylic acids is 1. The highest BCUT2D eigenvalue weighted by Crippen LogP contribution is 2.07. The zero-order valence-corrected chi connectivity index (χ0v) is 15.1. The number of aliphatic hydroxyl groups is 3. The fraction of sp³-hybridized carbons (Fsp3) is 0.650. The maximum atomic E-state index is 10.4. The summed E-state index contributed by atoms with van der Waals surface area (Å²) in [6.45, 7) is 0.254. The van der Waals surface area contributed by atoms with E-state index in [4.69, 9.17) is 10.2 Å². The highest BCUT2D eigenvalue weighted by atomic mass is 16.4. The molecule has 0 radical (unpaired) electrons. The molecule has 0 aromatic carbocycles. The van der Waals surface area contributed by atoms with Crippen molar-refractivity contribution in [2.75, 3.05) is 6.61 Å². The van der Waals surface area contributed by atoms with Crippen LogP contribution in [0.15, 0.2) is 36.5 Å². The molecule has 5 nitrogen and oxygen atoms in total. The Bertz CT molecular complexity index is 401. The molecule has 2 unspecified atom stereocenters. The van der Waals surface area contributed by atoms with Crippen LogP contribution in [0.3, 0.4) is 0 Å². The Morgan fingerprint density at radius 1 is 0.880 bits per heavy atom. The largest absolute Gasteiger partial charge is 0.481 e. The second-order valence-corrected chi connectivity index (χ2v) is 6.18. The highest BCUT2D eigenvalue weighted by Gasteiger charge is 2.04. The summed E-state index contributed by atoms with van der Waals surface area (Å²) >= 11 is 0. The van der Waals surface area contributed by atoms with E-state index in [1.54, 1.807) is 12.2 Å². The Kier molecular flexibility index (Phi) is 16.4. The molecule has 0 saturated carbocycles. The SMILES string of the molecule is O=C(O)CCCC(O)CCC=CC=CC(O)CC=CCCCCCO. The van der Waals surface area contributed by atoms with Crippen LogP contribution in [0.1, 0.15) is 64.2 Å². The summed E-state index contributed by atoms with van der Waals surface area (Å²) in [7, 11) is 0. The predicted molar refractivity (Wildman–Crippen MR) is 100 cm³/mol. The molecular weight excluding hydrogens is 320 g/mol. The van der Waals surface area contributed by atoms with E-state index < -0.39 is 18.2 Å².